The molecule has 0 aromatic heterocycles. The number of amides is 1. The van der Waals surface area contributed by atoms with Crippen molar-refractivity contribution in [3.8, 4) is 11.5 Å². The van der Waals surface area contributed by atoms with Crippen molar-refractivity contribution < 1.29 is 14.3 Å². The Morgan fingerprint density at radius 3 is 2.50 bits per heavy atom. The maximum absolute atomic E-state index is 13.4. The number of benzene rings is 3. The molecule has 1 heterocycles. The average Bonchev–Trinajstić information content (AvgIpc) is 3.24. The van der Waals surface area contributed by atoms with E-state index in [1.165, 1.54) is 0 Å². The van der Waals surface area contributed by atoms with Crippen LogP contribution in [0.5, 0.6) is 11.5 Å². The van der Waals surface area contributed by atoms with E-state index in [1.807, 2.05) is 54.6 Å². The lowest BCUT2D eigenvalue weighted by molar-refractivity contribution is 0.0709. The minimum absolute atomic E-state index is 0.183. The zero-order chi connectivity index (χ0) is 21.1. The Hall–Kier alpha value is -3.12. The van der Waals surface area contributed by atoms with E-state index in [0.717, 1.165) is 27.1 Å². The van der Waals surface area contributed by atoms with Crippen LogP contribution in [0.25, 0.3) is 0 Å². The van der Waals surface area contributed by atoms with Gasteiger partial charge in [0.05, 0.1) is 26.0 Å². The molecule has 3 aromatic carbocycles. The van der Waals surface area contributed by atoms with Crippen LogP contribution in [0.15, 0.2) is 82.4 Å². The molecule has 3 aromatic rings. The molecule has 4 rings (SSSR count). The highest BCUT2D eigenvalue weighted by Crippen LogP contribution is 2.38. The summed E-state index contributed by atoms with van der Waals surface area (Å²) < 4.78 is 11.9. The molecule has 0 saturated carbocycles. The molecule has 0 spiro atoms. The van der Waals surface area contributed by atoms with Crippen LogP contribution in [0.2, 0.25) is 0 Å². The van der Waals surface area contributed by atoms with Crippen molar-refractivity contribution in [1.29, 1.82) is 0 Å². The van der Waals surface area contributed by atoms with E-state index in [2.05, 4.69) is 15.9 Å². The van der Waals surface area contributed by atoms with Crippen LogP contribution < -0.4 is 9.47 Å². The van der Waals surface area contributed by atoms with E-state index < -0.39 is 0 Å². The minimum atomic E-state index is -0.265. The number of hydrazone groups is 1. The summed E-state index contributed by atoms with van der Waals surface area (Å²) in [6.07, 6.45) is 0.595. The third-order valence-corrected chi connectivity index (χ3v) is 5.64. The maximum atomic E-state index is 13.4. The predicted octanol–water partition coefficient (Wildman–Crippen LogP) is 5.46. The van der Waals surface area contributed by atoms with Crippen LogP contribution in [-0.2, 0) is 0 Å². The highest BCUT2D eigenvalue weighted by Gasteiger charge is 2.35. The normalized spacial score (nSPS) is 15.6. The summed E-state index contributed by atoms with van der Waals surface area (Å²) in [7, 11) is 3.22. The lowest BCUT2D eigenvalue weighted by atomic mass is 9.97. The van der Waals surface area contributed by atoms with Crippen molar-refractivity contribution in [2.75, 3.05) is 14.2 Å². The van der Waals surface area contributed by atoms with E-state index in [-0.39, 0.29) is 11.9 Å². The lowest BCUT2D eigenvalue weighted by Crippen LogP contribution is -2.27. The van der Waals surface area contributed by atoms with Gasteiger partial charge in [0.2, 0.25) is 0 Å². The first-order valence-corrected chi connectivity index (χ1v) is 10.3. The molecule has 5 nitrogen and oxygen atoms in total. The van der Waals surface area contributed by atoms with Gasteiger partial charge in [0.15, 0.2) is 0 Å². The summed E-state index contributed by atoms with van der Waals surface area (Å²) in [5.41, 5.74) is 3.29. The summed E-state index contributed by atoms with van der Waals surface area (Å²) >= 11 is 3.47. The Morgan fingerprint density at radius 2 is 1.77 bits per heavy atom. The summed E-state index contributed by atoms with van der Waals surface area (Å²) in [6, 6.07) is 22.6. The zero-order valence-corrected chi connectivity index (χ0v) is 18.3. The van der Waals surface area contributed by atoms with E-state index in [0.29, 0.717) is 17.7 Å². The van der Waals surface area contributed by atoms with Crippen LogP contribution in [-0.4, -0.2) is 30.8 Å². The number of rotatable bonds is 5. The van der Waals surface area contributed by atoms with Gasteiger partial charge in [-0.2, -0.15) is 5.10 Å². The SMILES string of the molecule is COc1cccc(C(=O)N2N=C(c3ccc(Br)cc3)C[C@H]2c2ccccc2OC)c1. The molecular weight excluding hydrogens is 444 g/mol. The number of para-hydroxylation sites is 1. The molecule has 1 aliphatic heterocycles. The Bertz CT molecular complexity index is 1100. The van der Waals surface area contributed by atoms with Crippen molar-refractivity contribution in [3.63, 3.8) is 0 Å². The number of halogens is 1. The first-order chi connectivity index (χ1) is 14.6. The Morgan fingerprint density at radius 1 is 1.00 bits per heavy atom. The van der Waals surface area contributed by atoms with Crippen LogP contribution in [0.1, 0.15) is 33.9 Å². The van der Waals surface area contributed by atoms with Gasteiger partial charge in [-0.3, -0.25) is 4.79 Å². The van der Waals surface area contributed by atoms with Gasteiger partial charge in [0, 0.05) is 22.0 Å². The molecule has 1 amide bonds. The second-order valence-corrected chi connectivity index (χ2v) is 7.81. The van der Waals surface area contributed by atoms with E-state index in [4.69, 9.17) is 14.6 Å². The van der Waals surface area contributed by atoms with Crippen molar-refractivity contribution in [2.45, 2.75) is 12.5 Å². The molecule has 0 bridgehead atoms. The van der Waals surface area contributed by atoms with E-state index >= 15 is 0 Å². The van der Waals surface area contributed by atoms with Gasteiger partial charge in [-0.25, -0.2) is 5.01 Å². The number of hydrogen-bond donors (Lipinski definition) is 0. The molecule has 1 atom stereocenters. The molecule has 1 aliphatic rings. The predicted molar refractivity (Wildman–Crippen MR) is 120 cm³/mol. The van der Waals surface area contributed by atoms with Gasteiger partial charge in [-0.15, -0.1) is 0 Å². The van der Waals surface area contributed by atoms with Gasteiger partial charge >= 0.3 is 0 Å². The number of nitrogens with zero attached hydrogens (tertiary/aromatic N) is 2. The summed E-state index contributed by atoms with van der Waals surface area (Å²) in [6.45, 7) is 0. The third kappa shape index (κ3) is 3.96. The number of ether oxygens (including phenoxy) is 2. The van der Waals surface area contributed by atoms with Crippen molar-refractivity contribution >= 4 is 27.5 Å². The van der Waals surface area contributed by atoms with Gasteiger partial charge < -0.3 is 9.47 Å². The zero-order valence-electron chi connectivity index (χ0n) is 16.7. The molecule has 0 aliphatic carbocycles. The van der Waals surface area contributed by atoms with Gasteiger partial charge in [-0.1, -0.05) is 52.3 Å². The molecule has 0 radical (unpaired) electrons. The first kappa shape index (κ1) is 20.2. The van der Waals surface area contributed by atoms with Crippen LogP contribution in [0, 0.1) is 0 Å². The average molecular weight is 465 g/mol. The number of carbonyl (C=O) groups excluding carboxylic acids is 1. The van der Waals surface area contributed by atoms with E-state index in [9.17, 15) is 4.79 Å². The number of carbonyl (C=O) groups is 1. The second-order valence-electron chi connectivity index (χ2n) is 6.90. The molecule has 0 fully saturated rings. The second kappa shape index (κ2) is 8.71. The fraction of sp³-hybridized carbons (Fsp3) is 0.167. The van der Waals surface area contributed by atoms with Crippen LogP contribution in [0.4, 0.5) is 0 Å². The van der Waals surface area contributed by atoms with Gasteiger partial charge in [-0.05, 0) is 42.0 Å². The smallest absolute Gasteiger partial charge is 0.274 e. The van der Waals surface area contributed by atoms with Gasteiger partial charge in [0.25, 0.3) is 5.91 Å². The van der Waals surface area contributed by atoms with Crippen molar-refractivity contribution in [1.82, 2.24) is 5.01 Å². The quantitative estimate of drug-likeness (QED) is 0.503. The number of methoxy groups -OCH3 is 2. The standard InChI is InChI=1S/C24H21BrN2O3/c1-29-19-7-5-6-17(14-19)24(28)27-22(20-8-3-4-9-23(20)30-2)15-21(26-27)16-10-12-18(25)13-11-16/h3-14,22H,15H2,1-2H3/t22-/m0/s1. The topological polar surface area (TPSA) is 51.1 Å². The minimum Gasteiger partial charge on any atom is -0.497 e. The Labute approximate surface area is 184 Å². The Balaban J connectivity index is 1.76. The fourth-order valence-electron chi connectivity index (χ4n) is 3.59. The molecule has 152 valence electrons. The largest absolute Gasteiger partial charge is 0.497 e. The molecule has 30 heavy (non-hydrogen) atoms. The Kier molecular flexibility index (Phi) is 5.86. The molecule has 0 N–H and O–H groups in total. The van der Waals surface area contributed by atoms with Crippen molar-refractivity contribution in [2.24, 2.45) is 5.10 Å². The third-order valence-electron chi connectivity index (χ3n) is 5.11. The maximum Gasteiger partial charge on any atom is 0.274 e. The molecule has 0 saturated heterocycles. The van der Waals surface area contributed by atoms with E-state index in [1.54, 1.807) is 37.4 Å². The molecule has 6 heteroatoms. The molecular formula is C24H21BrN2O3. The van der Waals surface area contributed by atoms with Crippen LogP contribution in [0.3, 0.4) is 0 Å². The van der Waals surface area contributed by atoms with Gasteiger partial charge in [0.1, 0.15) is 11.5 Å². The summed E-state index contributed by atoms with van der Waals surface area (Å²) in [5.74, 6) is 1.18. The highest BCUT2D eigenvalue weighted by molar-refractivity contribution is 9.10. The highest BCUT2D eigenvalue weighted by atomic mass is 79.9. The van der Waals surface area contributed by atoms with Crippen LogP contribution >= 0.6 is 15.9 Å². The molecule has 0 unspecified atom stereocenters. The fourth-order valence-corrected chi connectivity index (χ4v) is 3.85. The van der Waals surface area contributed by atoms with Crippen molar-refractivity contribution in [3.05, 3.63) is 94.0 Å². The monoisotopic (exact) mass is 464 g/mol. The summed E-state index contributed by atoms with van der Waals surface area (Å²) in [5, 5.41) is 6.30. The first-order valence-electron chi connectivity index (χ1n) is 9.54. The number of hydrogen-bond acceptors (Lipinski definition) is 4. The summed E-state index contributed by atoms with van der Waals surface area (Å²) in [4.78, 5) is 13.4. The lowest BCUT2D eigenvalue weighted by Gasteiger charge is -2.23.